The van der Waals surface area contributed by atoms with Crippen LogP contribution in [-0.2, 0) is 4.79 Å². The smallest absolute Gasteiger partial charge is 0.317 e. The number of carboxylic acid groups (broad SMARTS) is 1. The average molecular weight is 147 g/mol. The van der Waals surface area contributed by atoms with Gasteiger partial charge in [-0.2, -0.15) is 0 Å². The molecule has 0 spiro atoms. The summed E-state index contributed by atoms with van der Waals surface area (Å²) in [5.41, 5.74) is 10.6. The summed E-state index contributed by atoms with van der Waals surface area (Å²) in [6.07, 6.45) is -0.305. The predicted octanol–water partition coefficient (Wildman–Crippen LogP) is -1.41. The zero-order chi connectivity index (χ0) is 8.15. The number of rotatable bonds is 4. The first-order valence-electron chi connectivity index (χ1n) is 2.99. The Morgan fingerprint density at radius 3 is 2.40 bits per heavy atom. The molecule has 60 valence electrons. The second kappa shape index (κ2) is 4.21. The van der Waals surface area contributed by atoms with Gasteiger partial charge in [0.15, 0.2) is 0 Å². The number of hydrogen-bond donors (Lipinski definition) is 3. The van der Waals surface area contributed by atoms with Crippen molar-refractivity contribution in [1.82, 2.24) is 4.90 Å². The van der Waals surface area contributed by atoms with Crippen molar-refractivity contribution in [1.29, 1.82) is 0 Å². The largest absolute Gasteiger partial charge is 0.480 e. The summed E-state index contributed by atoms with van der Waals surface area (Å²) in [6.45, 7) is 1.76. The summed E-state index contributed by atoms with van der Waals surface area (Å²) in [5.74, 6) is -0.914. The molecule has 1 atom stereocenters. The number of carboxylic acids is 1. The lowest BCUT2D eigenvalue weighted by Crippen LogP contribution is -2.45. The third-order valence-electron chi connectivity index (χ3n) is 1.15. The van der Waals surface area contributed by atoms with Crippen molar-refractivity contribution in [2.45, 2.75) is 13.1 Å². The summed E-state index contributed by atoms with van der Waals surface area (Å²) in [6, 6.07) is 0. The fraction of sp³-hybridized carbons (Fsp3) is 0.800. The van der Waals surface area contributed by atoms with Crippen molar-refractivity contribution in [3.05, 3.63) is 0 Å². The van der Waals surface area contributed by atoms with Crippen LogP contribution in [0.1, 0.15) is 6.92 Å². The zero-order valence-corrected chi connectivity index (χ0v) is 5.95. The van der Waals surface area contributed by atoms with Crippen LogP contribution in [0.25, 0.3) is 0 Å². The topological polar surface area (TPSA) is 92.6 Å². The first kappa shape index (κ1) is 9.35. The van der Waals surface area contributed by atoms with Crippen molar-refractivity contribution >= 4 is 5.97 Å². The molecule has 10 heavy (non-hydrogen) atoms. The second-order valence-corrected chi connectivity index (χ2v) is 2.06. The molecular weight excluding hydrogens is 134 g/mol. The van der Waals surface area contributed by atoms with Gasteiger partial charge in [-0.3, -0.25) is 9.69 Å². The number of nitrogens with two attached hydrogens (primary N) is 2. The Hall–Kier alpha value is -0.650. The number of aliphatic carboxylic acids is 1. The highest BCUT2D eigenvalue weighted by Gasteiger charge is 2.10. The average Bonchev–Trinajstić information content (AvgIpc) is 1.81. The maximum absolute atomic E-state index is 10.1. The molecule has 5 N–H and O–H groups in total. The van der Waals surface area contributed by atoms with Gasteiger partial charge in [-0.25, -0.2) is 0 Å². The van der Waals surface area contributed by atoms with E-state index in [0.717, 1.165) is 0 Å². The molecule has 0 aliphatic carbocycles. The van der Waals surface area contributed by atoms with Crippen LogP contribution < -0.4 is 11.5 Å². The summed E-state index contributed by atoms with van der Waals surface area (Å²) in [5, 5.41) is 8.31. The fourth-order valence-electron chi connectivity index (χ4n) is 0.549. The molecule has 5 heteroatoms. The number of carbonyl (C=O) groups is 1. The van der Waals surface area contributed by atoms with Crippen LogP contribution in [0.5, 0.6) is 0 Å². The van der Waals surface area contributed by atoms with Crippen LogP contribution >= 0.6 is 0 Å². The van der Waals surface area contributed by atoms with E-state index < -0.39 is 5.97 Å². The highest BCUT2D eigenvalue weighted by atomic mass is 16.4. The summed E-state index contributed by atoms with van der Waals surface area (Å²) >= 11 is 0. The van der Waals surface area contributed by atoms with Crippen molar-refractivity contribution in [2.75, 3.05) is 13.2 Å². The summed E-state index contributed by atoms with van der Waals surface area (Å²) in [7, 11) is 0. The van der Waals surface area contributed by atoms with E-state index in [-0.39, 0.29) is 19.4 Å². The van der Waals surface area contributed by atoms with Crippen LogP contribution in [0, 0.1) is 0 Å². The van der Waals surface area contributed by atoms with Crippen LogP contribution in [-0.4, -0.2) is 35.4 Å². The van der Waals surface area contributed by atoms with E-state index in [4.69, 9.17) is 16.6 Å². The summed E-state index contributed by atoms with van der Waals surface area (Å²) in [4.78, 5) is 11.6. The van der Waals surface area contributed by atoms with Gasteiger partial charge in [0.1, 0.15) is 0 Å². The molecule has 0 aromatic carbocycles. The minimum absolute atomic E-state index is 0.103. The van der Waals surface area contributed by atoms with Gasteiger partial charge in [0.2, 0.25) is 0 Å². The normalized spacial score (nSPS) is 13.6. The highest BCUT2D eigenvalue weighted by molar-refractivity contribution is 5.69. The van der Waals surface area contributed by atoms with Crippen LogP contribution in [0.4, 0.5) is 0 Å². The van der Waals surface area contributed by atoms with E-state index in [2.05, 4.69) is 0 Å². The molecule has 0 aliphatic rings. The second-order valence-electron chi connectivity index (χ2n) is 2.06. The molecule has 0 aromatic rings. The Kier molecular flexibility index (Phi) is 3.94. The molecule has 0 saturated carbocycles. The fourth-order valence-corrected chi connectivity index (χ4v) is 0.549. The van der Waals surface area contributed by atoms with Crippen molar-refractivity contribution in [2.24, 2.45) is 11.5 Å². The third kappa shape index (κ3) is 3.39. The van der Waals surface area contributed by atoms with E-state index in [0.29, 0.717) is 0 Å². The molecule has 5 nitrogen and oxygen atoms in total. The lowest BCUT2D eigenvalue weighted by atomic mass is 10.4. The maximum atomic E-state index is 10.1. The van der Waals surface area contributed by atoms with Gasteiger partial charge in [-0.15, -0.1) is 0 Å². The molecule has 0 aliphatic heterocycles. The number of hydrogen-bond acceptors (Lipinski definition) is 4. The number of nitrogens with zero attached hydrogens (tertiary/aromatic N) is 1. The third-order valence-corrected chi connectivity index (χ3v) is 1.15. The quantitative estimate of drug-likeness (QED) is 0.425. The Morgan fingerprint density at radius 1 is 1.80 bits per heavy atom. The van der Waals surface area contributed by atoms with Crippen molar-refractivity contribution in [3.8, 4) is 0 Å². The van der Waals surface area contributed by atoms with Gasteiger partial charge >= 0.3 is 5.97 Å². The molecule has 0 radical (unpaired) electrons. The van der Waals surface area contributed by atoms with E-state index >= 15 is 0 Å². The molecule has 0 fully saturated rings. The van der Waals surface area contributed by atoms with Gasteiger partial charge in [-0.05, 0) is 6.92 Å². The van der Waals surface area contributed by atoms with Gasteiger partial charge in [0.25, 0.3) is 0 Å². The van der Waals surface area contributed by atoms with Gasteiger partial charge in [-0.1, -0.05) is 0 Å². The van der Waals surface area contributed by atoms with E-state index in [9.17, 15) is 4.79 Å². The van der Waals surface area contributed by atoms with E-state index in [1.165, 1.54) is 4.90 Å². The first-order valence-corrected chi connectivity index (χ1v) is 2.99. The summed E-state index contributed by atoms with van der Waals surface area (Å²) < 4.78 is 0. The molecule has 0 bridgehead atoms. The van der Waals surface area contributed by atoms with Crippen LogP contribution in [0.2, 0.25) is 0 Å². The van der Waals surface area contributed by atoms with Crippen molar-refractivity contribution in [3.63, 3.8) is 0 Å². The molecule has 0 rings (SSSR count). The van der Waals surface area contributed by atoms with E-state index in [1.54, 1.807) is 6.92 Å². The lowest BCUT2D eigenvalue weighted by molar-refractivity contribution is -0.138. The molecule has 0 aromatic heterocycles. The van der Waals surface area contributed by atoms with Gasteiger partial charge in [0, 0.05) is 6.67 Å². The molecule has 1 unspecified atom stereocenters. The Labute approximate surface area is 59.6 Å². The van der Waals surface area contributed by atoms with Gasteiger partial charge in [0.05, 0.1) is 12.7 Å². The standard InChI is InChI=1S/C5H13N3O2/c1-4(7)8(3-6)2-5(9)10/h4H,2-3,6-7H2,1H3,(H,9,10). The monoisotopic (exact) mass is 147 g/mol. The molecule has 0 heterocycles. The SMILES string of the molecule is CC(N)N(CN)CC(=O)O. The molecule has 0 saturated heterocycles. The minimum atomic E-state index is -0.914. The Balaban J connectivity index is 3.71. The van der Waals surface area contributed by atoms with Crippen LogP contribution in [0.15, 0.2) is 0 Å². The van der Waals surface area contributed by atoms with Crippen LogP contribution in [0.3, 0.4) is 0 Å². The molecular formula is C5H13N3O2. The zero-order valence-electron chi connectivity index (χ0n) is 5.95. The molecule has 0 amide bonds. The maximum Gasteiger partial charge on any atom is 0.317 e. The Morgan fingerprint density at radius 2 is 2.30 bits per heavy atom. The minimum Gasteiger partial charge on any atom is -0.480 e. The Bertz CT molecular complexity index is 115. The predicted molar refractivity (Wildman–Crippen MR) is 37.0 cm³/mol. The van der Waals surface area contributed by atoms with Crippen molar-refractivity contribution < 1.29 is 9.90 Å². The van der Waals surface area contributed by atoms with E-state index in [1.807, 2.05) is 0 Å². The highest BCUT2D eigenvalue weighted by Crippen LogP contribution is 1.87. The lowest BCUT2D eigenvalue weighted by Gasteiger charge is -2.21. The van der Waals surface area contributed by atoms with Gasteiger partial charge < -0.3 is 16.6 Å². The first-order chi connectivity index (χ1) is 4.57.